The Morgan fingerprint density at radius 2 is 1.69 bits per heavy atom. The van der Waals surface area contributed by atoms with E-state index in [9.17, 15) is 27.6 Å². The Bertz CT molecular complexity index is 1310. The first-order chi connectivity index (χ1) is 20.2. The van der Waals surface area contributed by atoms with Crippen molar-refractivity contribution in [2.24, 2.45) is 23.7 Å². The second kappa shape index (κ2) is 13.0. The summed E-state index contributed by atoms with van der Waals surface area (Å²) in [5, 5.41) is 8.07. The fraction of sp³-hybridized carbons (Fsp3) is 0.469. The summed E-state index contributed by atoms with van der Waals surface area (Å²) in [7, 11) is 0. The Hall–Kier alpha value is -3.82. The van der Waals surface area contributed by atoms with Crippen LogP contribution in [-0.2, 0) is 27.1 Å². The van der Waals surface area contributed by atoms with Crippen LogP contribution in [-0.4, -0.2) is 30.5 Å². The summed E-state index contributed by atoms with van der Waals surface area (Å²) < 4.78 is 44.0. The highest BCUT2D eigenvalue weighted by Crippen LogP contribution is 2.56. The first-order valence-electron chi connectivity index (χ1n) is 14.6. The van der Waals surface area contributed by atoms with Crippen LogP contribution in [0.15, 0.2) is 66.2 Å². The number of ether oxygens (including phenoxy) is 1. The van der Waals surface area contributed by atoms with Crippen LogP contribution in [0.2, 0.25) is 0 Å². The highest BCUT2D eigenvalue weighted by Gasteiger charge is 2.55. The van der Waals surface area contributed by atoms with Gasteiger partial charge >= 0.3 is 12.3 Å². The zero-order valence-electron chi connectivity index (χ0n) is 23.3. The van der Waals surface area contributed by atoms with E-state index in [0.717, 1.165) is 62.6 Å². The number of hydrogen-bond acceptors (Lipinski definition) is 4. The summed E-state index contributed by atoms with van der Waals surface area (Å²) in [5.74, 6) is 0.221. The van der Waals surface area contributed by atoms with Gasteiger partial charge in [-0.25, -0.2) is 4.79 Å². The quantitative estimate of drug-likeness (QED) is 0.306. The van der Waals surface area contributed by atoms with E-state index in [0.29, 0.717) is 5.92 Å². The number of carbonyl (C=O) groups excluding carboxylic acids is 3. The smallest absolute Gasteiger partial charge is 0.416 e. The van der Waals surface area contributed by atoms with E-state index in [4.69, 9.17) is 4.74 Å². The Morgan fingerprint density at radius 3 is 2.43 bits per heavy atom. The number of allylic oxidation sites excluding steroid dienone is 2. The van der Waals surface area contributed by atoms with Gasteiger partial charge in [0.1, 0.15) is 6.61 Å². The molecule has 224 valence electrons. The standard InChI is InChI=1S/C32H36F3N3O4/c33-32(34,35)23-7-4-8-25(17-23)37-28(39)18-36-30(40)29-26-14-11-22(16-27(26)29)15-20-9-12-24(13-10-20)38-31(41)42-19-21-5-2-1-3-6-21/h1-8,11,17,20,24,26-27,29H,9-10,12-16,18-19H2,(H,36,40)(H,37,39)(H,38,41)/t20?,24?,26-,27+,29+/m1/s1. The number of amides is 3. The molecule has 10 heteroatoms. The normalized spacial score (nSPS) is 24.9. The highest BCUT2D eigenvalue weighted by atomic mass is 19.4. The fourth-order valence-corrected chi connectivity index (χ4v) is 6.37. The average Bonchev–Trinajstić information content (AvgIpc) is 3.70. The Labute approximate surface area is 243 Å². The van der Waals surface area contributed by atoms with Gasteiger partial charge in [0.05, 0.1) is 12.1 Å². The van der Waals surface area contributed by atoms with Crippen molar-refractivity contribution < 1.29 is 32.3 Å². The molecule has 0 heterocycles. The lowest BCUT2D eigenvalue weighted by Crippen LogP contribution is -2.38. The molecule has 0 aromatic heterocycles. The molecule has 3 atom stereocenters. The number of alkyl halides is 3. The van der Waals surface area contributed by atoms with E-state index < -0.39 is 17.6 Å². The lowest BCUT2D eigenvalue weighted by molar-refractivity contribution is -0.137. The van der Waals surface area contributed by atoms with Crippen LogP contribution in [0.25, 0.3) is 0 Å². The number of halogens is 3. The van der Waals surface area contributed by atoms with Crippen molar-refractivity contribution in [3.63, 3.8) is 0 Å². The second-order valence-electron chi connectivity index (χ2n) is 11.6. The molecular formula is C32H36F3N3O4. The van der Waals surface area contributed by atoms with Crippen molar-refractivity contribution >= 4 is 23.6 Å². The molecule has 2 fully saturated rings. The van der Waals surface area contributed by atoms with Gasteiger partial charge in [0.15, 0.2) is 0 Å². The Balaban J connectivity index is 0.979. The number of carbonyl (C=O) groups is 3. The third-order valence-corrected chi connectivity index (χ3v) is 8.64. The van der Waals surface area contributed by atoms with Crippen LogP contribution < -0.4 is 16.0 Å². The maximum absolute atomic E-state index is 12.9. The van der Waals surface area contributed by atoms with Gasteiger partial charge in [0.25, 0.3) is 0 Å². The molecule has 2 aromatic rings. The van der Waals surface area contributed by atoms with Crippen molar-refractivity contribution in [2.75, 3.05) is 11.9 Å². The number of hydrogen-bond donors (Lipinski definition) is 3. The molecule has 0 aliphatic heterocycles. The van der Waals surface area contributed by atoms with Crippen LogP contribution in [0, 0.1) is 23.7 Å². The summed E-state index contributed by atoms with van der Waals surface area (Å²) >= 11 is 0. The average molecular weight is 584 g/mol. The number of nitrogens with one attached hydrogen (secondary N) is 3. The zero-order valence-corrected chi connectivity index (χ0v) is 23.3. The Kier molecular flexibility index (Phi) is 9.18. The van der Waals surface area contributed by atoms with Gasteiger partial charge in [-0.05, 0) is 86.5 Å². The molecule has 3 aliphatic carbocycles. The van der Waals surface area contributed by atoms with Gasteiger partial charge in [-0.15, -0.1) is 0 Å². The Morgan fingerprint density at radius 1 is 0.929 bits per heavy atom. The molecule has 0 spiro atoms. The minimum Gasteiger partial charge on any atom is -0.445 e. The fourth-order valence-electron chi connectivity index (χ4n) is 6.37. The zero-order chi connectivity index (χ0) is 29.7. The van der Waals surface area contributed by atoms with Crippen molar-refractivity contribution in [1.29, 1.82) is 0 Å². The third-order valence-electron chi connectivity index (χ3n) is 8.64. The molecule has 0 bridgehead atoms. The van der Waals surface area contributed by atoms with E-state index >= 15 is 0 Å². The lowest BCUT2D eigenvalue weighted by atomic mass is 9.80. The van der Waals surface area contributed by atoms with Gasteiger partial charge in [-0.3, -0.25) is 9.59 Å². The topological polar surface area (TPSA) is 96.5 Å². The van der Waals surface area contributed by atoms with E-state index in [1.165, 1.54) is 17.7 Å². The molecule has 0 saturated heterocycles. The van der Waals surface area contributed by atoms with Gasteiger partial charge in [-0.1, -0.05) is 48.0 Å². The van der Waals surface area contributed by atoms with Crippen LogP contribution >= 0.6 is 0 Å². The first kappa shape index (κ1) is 29.7. The number of benzene rings is 2. The molecule has 0 unspecified atom stereocenters. The molecule has 3 amide bonds. The molecular weight excluding hydrogens is 547 g/mol. The van der Waals surface area contributed by atoms with E-state index in [1.54, 1.807) is 0 Å². The van der Waals surface area contributed by atoms with Gasteiger partial charge < -0.3 is 20.7 Å². The minimum atomic E-state index is -4.50. The van der Waals surface area contributed by atoms with E-state index in [-0.39, 0.29) is 54.6 Å². The minimum absolute atomic E-state index is 0.0332. The molecule has 42 heavy (non-hydrogen) atoms. The maximum atomic E-state index is 12.9. The maximum Gasteiger partial charge on any atom is 0.416 e. The number of fused-ring (bicyclic) bond motifs is 1. The van der Waals surface area contributed by atoms with Crippen molar-refractivity contribution in [1.82, 2.24) is 10.6 Å². The summed E-state index contributed by atoms with van der Waals surface area (Å²) in [6, 6.07) is 14.1. The van der Waals surface area contributed by atoms with E-state index in [2.05, 4.69) is 22.0 Å². The van der Waals surface area contributed by atoms with Crippen molar-refractivity contribution in [3.8, 4) is 0 Å². The monoisotopic (exact) mass is 583 g/mol. The van der Waals surface area contributed by atoms with Crippen LogP contribution in [0.3, 0.4) is 0 Å². The lowest BCUT2D eigenvalue weighted by Gasteiger charge is -2.30. The van der Waals surface area contributed by atoms with Crippen molar-refractivity contribution in [2.45, 2.75) is 63.8 Å². The molecule has 2 aromatic carbocycles. The number of rotatable bonds is 9. The van der Waals surface area contributed by atoms with Crippen LogP contribution in [0.4, 0.5) is 23.7 Å². The SMILES string of the molecule is O=C(CNC(=O)[C@H]1[C@@H]2CC=C(CC3CCC(NC(=O)OCc4ccccc4)CC3)C[C@@H]21)Nc1cccc(C(F)(F)F)c1. The molecule has 3 N–H and O–H groups in total. The van der Waals surface area contributed by atoms with Crippen LogP contribution in [0.1, 0.15) is 56.1 Å². The van der Waals surface area contributed by atoms with E-state index in [1.807, 2.05) is 30.3 Å². The summed E-state index contributed by atoms with van der Waals surface area (Å²) in [6.07, 6.45) is 3.99. The summed E-state index contributed by atoms with van der Waals surface area (Å²) in [5.41, 5.74) is 1.52. The molecule has 2 saturated carbocycles. The molecule has 3 aliphatic rings. The molecule has 5 rings (SSSR count). The van der Waals surface area contributed by atoms with Gasteiger partial charge in [0.2, 0.25) is 11.8 Å². The first-order valence-corrected chi connectivity index (χ1v) is 14.6. The van der Waals surface area contributed by atoms with Crippen molar-refractivity contribution in [3.05, 3.63) is 77.4 Å². The predicted molar refractivity (Wildman–Crippen MR) is 151 cm³/mol. The third kappa shape index (κ3) is 7.92. The van der Waals surface area contributed by atoms with Gasteiger partial charge in [-0.2, -0.15) is 13.2 Å². The molecule has 0 radical (unpaired) electrons. The second-order valence-corrected chi connectivity index (χ2v) is 11.6. The number of alkyl carbamates (subject to hydrolysis) is 1. The largest absolute Gasteiger partial charge is 0.445 e. The highest BCUT2D eigenvalue weighted by molar-refractivity contribution is 5.95. The van der Waals surface area contributed by atoms with Gasteiger partial charge in [0, 0.05) is 17.6 Å². The predicted octanol–water partition coefficient (Wildman–Crippen LogP) is 6.22. The van der Waals surface area contributed by atoms with Crippen LogP contribution in [0.5, 0.6) is 0 Å². The summed E-state index contributed by atoms with van der Waals surface area (Å²) in [6.45, 7) is -0.0350. The summed E-state index contributed by atoms with van der Waals surface area (Å²) in [4.78, 5) is 37.2. The molecule has 7 nitrogen and oxygen atoms in total. The number of anilines is 1.